The van der Waals surface area contributed by atoms with E-state index in [4.69, 9.17) is 5.73 Å². The van der Waals surface area contributed by atoms with Gasteiger partial charge in [0.1, 0.15) is 0 Å². The molecule has 5 nitrogen and oxygen atoms in total. The minimum Gasteiger partial charge on any atom is -0.397 e. The van der Waals surface area contributed by atoms with E-state index in [0.29, 0.717) is 17.8 Å². The Bertz CT molecular complexity index is 458. The SMILES string of the molecule is CCNC(=O)c1ccc(N)c(NC(C)CN(CC)CC)c1. The molecule has 1 amide bonds. The summed E-state index contributed by atoms with van der Waals surface area (Å²) in [6.07, 6.45) is 0. The van der Waals surface area contributed by atoms with Crippen LogP contribution in [-0.4, -0.2) is 43.0 Å². The molecule has 1 atom stereocenters. The molecule has 0 saturated carbocycles. The van der Waals surface area contributed by atoms with Gasteiger partial charge in [-0.15, -0.1) is 0 Å². The van der Waals surface area contributed by atoms with Crippen LogP contribution in [0.3, 0.4) is 0 Å². The maximum Gasteiger partial charge on any atom is 0.251 e. The van der Waals surface area contributed by atoms with Gasteiger partial charge in [-0.25, -0.2) is 0 Å². The summed E-state index contributed by atoms with van der Waals surface area (Å²) < 4.78 is 0. The van der Waals surface area contributed by atoms with Crippen molar-refractivity contribution >= 4 is 17.3 Å². The van der Waals surface area contributed by atoms with Crippen LogP contribution >= 0.6 is 0 Å². The molecule has 0 aliphatic heterocycles. The summed E-state index contributed by atoms with van der Waals surface area (Å²) in [6.45, 7) is 11.9. The third-order valence-electron chi connectivity index (χ3n) is 3.48. The van der Waals surface area contributed by atoms with E-state index >= 15 is 0 Å². The van der Waals surface area contributed by atoms with Crippen molar-refractivity contribution in [3.8, 4) is 0 Å². The predicted octanol–water partition coefficient (Wildman–Crippen LogP) is 2.16. The van der Waals surface area contributed by atoms with Crippen molar-refractivity contribution in [3.05, 3.63) is 23.8 Å². The van der Waals surface area contributed by atoms with Crippen molar-refractivity contribution in [1.82, 2.24) is 10.2 Å². The second-order valence-corrected chi connectivity index (χ2v) is 5.19. The Morgan fingerprint density at radius 2 is 1.95 bits per heavy atom. The smallest absolute Gasteiger partial charge is 0.251 e. The fourth-order valence-corrected chi connectivity index (χ4v) is 2.27. The first-order chi connectivity index (χ1) is 10.0. The molecule has 1 rings (SSSR count). The number of nitrogens with one attached hydrogen (secondary N) is 2. The van der Waals surface area contributed by atoms with Gasteiger partial charge in [-0.05, 0) is 45.1 Å². The number of nitrogens with zero attached hydrogens (tertiary/aromatic N) is 1. The molecule has 0 aliphatic rings. The van der Waals surface area contributed by atoms with Gasteiger partial charge in [-0.1, -0.05) is 13.8 Å². The number of rotatable bonds is 8. The number of nitrogen functional groups attached to an aromatic ring is 1. The van der Waals surface area contributed by atoms with Crippen LogP contribution in [0, 0.1) is 0 Å². The van der Waals surface area contributed by atoms with E-state index in [2.05, 4.69) is 36.3 Å². The summed E-state index contributed by atoms with van der Waals surface area (Å²) in [5.74, 6) is -0.0723. The Morgan fingerprint density at radius 3 is 2.52 bits per heavy atom. The minimum atomic E-state index is -0.0723. The third-order valence-corrected chi connectivity index (χ3v) is 3.48. The van der Waals surface area contributed by atoms with Crippen molar-refractivity contribution in [2.45, 2.75) is 33.7 Å². The van der Waals surface area contributed by atoms with E-state index in [1.54, 1.807) is 12.1 Å². The van der Waals surface area contributed by atoms with Crippen LogP contribution in [0.2, 0.25) is 0 Å². The molecule has 1 aromatic rings. The van der Waals surface area contributed by atoms with Crippen LogP contribution in [0.1, 0.15) is 38.1 Å². The molecule has 21 heavy (non-hydrogen) atoms. The highest BCUT2D eigenvalue weighted by Crippen LogP contribution is 2.21. The molecular formula is C16H28N4O. The highest BCUT2D eigenvalue weighted by molar-refractivity contribution is 5.96. The normalized spacial score (nSPS) is 12.2. The lowest BCUT2D eigenvalue weighted by Gasteiger charge is -2.24. The van der Waals surface area contributed by atoms with Gasteiger partial charge in [0.25, 0.3) is 5.91 Å². The monoisotopic (exact) mass is 292 g/mol. The van der Waals surface area contributed by atoms with Gasteiger partial charge in [0, 0.05) is 24.7 Å². The zero-order chi connectivity index (χ0) is 15.8. The molecule has 0 radical (unpaired) electrons. The summed E-state index contributed by atoms with van der Waals surface area (Å²) >= 11 is 0. The lowest BCUT2D eigenvalue weighted by atomic mass is 10.1. The maximum atomic E-state index is 11.9. The van der Waals surface area contributed by atoms with Gasteiger partial charge >= 0.3 is 0 Å². The van der Waals surface area contributed by atoms with Crippen LogP contribution in [0.4, 0.5) is 11.4 Å². The maximum absolute atomic E-state index is 11.9. The van der Waals surface area contributed by atoms with Crippen molar-refractivity contribution in [3.63, 3.8) is 0 Å². The lowest BCUT2D eigenvalue weighted by molar-refractivity contribution is 0.0956. The van der Waals surface area contributed by atoms with Crippen molar-refractivity contribution < 1.29 is 4.79 Å². The van der Waals surface area contributed by atoms with Gasteiger partial charge < -0.3 is 21.3 Å². The van der Waals surface area contributed by atoms with Gasteiger partial charge in [0.2, 0.25) is 0 Å². The number of benzene rings is 1. The van der Waals surface area contributed by atoms with Crippen LogP contribution in [0.25, 0.3) is 0 Å². The summed E-state index contributed by atoms with van der Waals surface area (Å²) in [7, 11) is 0. The number of amides is 1. The number of carbonyl (C=O) groups is 1. The van der Waals surface area contributed by atoms with Crippen molar-refractivity contribution in [2.75, 3.05) is 37.2 Å². The summed E-state index contributed by atoms with van der Waals surface area (Å²) in [4.78, 5) is 14.2. The molecule has 0 aliphatic carbocycles. The first-order valence-corrected chi connectivity index (χ1v) is 7.68. The highest BCUT2D eigenvalue weighted by Gasteiger charge is 2.11. The second kappa shape index (κ2) is 8.52. The number of hydrogen-bond acceptors (Lipinski definition) is 4. The van der Waals surface area contributed by atoms with Crippen LogP contribution < -0.4 is 16.4 Å². The minimum absolute atomic E-state index is 0.0723. The fraction of sp³-hybridized carbons (Fsp3) is 0.562. The molecule has 1 unspecified atom stereocenters. The Hall–Kier alpha value is -1.75. The Balaban J connectivity index is 2.77. The van der Waals surface area contributed by atoms with E-state index in [1.165, 1.54) is 0 Å². The zero-order valence-corrected chi connectivity index (χ0v) is 13.6. The van der Waals surface area contributed by atoms with Crippen molar-refractivity contribution in [2.24, 2.45) is 0 Å². The van der Waals surface area contributed by atoms with Gasteiger partial charge in [0.15, 0.2) is 0 Å². The highest BCUT2D eigenvalue weighted by atomic mass is 16.1. The van der Waals surface area contributed by atoms with Crippen LogP contribution in [0.5, 0.6) is 0 Å². The number of nitrogens with two attached hydrogens (primary N) is 1. The van der Waals surface area contributed by atoms with Gasteiger partial charge in [-0.3, -0.25) is 4.79 Å². The molecule has 118 valence electrons. The number of likely N-dealkylation sites (N-methyl/N-ethyl adjacent to an activating group) is 1. The van der Waals surface area contributed by atoms with Crippen LogP contribution in [-0.2, 0) is 0 Å². The predicted molar refractivity (Wildman–Crippen MR) is 89.7 cm³/mol. The molecule has 0 fully saturated rings. The van der Waals surface area contributed by atoms with E-state index < -0.39 is 0 Å². The number of hydrogen-bond donors (Lipinski definition) is 3. The van der Waals surface area contributed by atoms with E-state index in [0.717, 1.165) is 25.3 Å². The first-order valence-electron chi connectivity index (χ1n) is 7.68. The molecule has 0 heterocycles. The Kier molecular flexibility index (Phi) is 7.02. The average molecular weight is 292 g/mol. The summed E-state index contributed by atoms with van der Waals surface area (Å²) in [6, 6.07) is 5.60. The van der Waals surface area contributed by atoms with E-state index in [9.17, 15) is 4.79 Å². The summed E-state index contributed by atoms with van der Waals surface area (Å²) in [5.41, 5.74) is 8.11. The van der Waals surface area contributed by atoms with E-state index in [-0.39, 0.29) is 11.9 Å². The zero-order valence-electron chi connectivity index (χ0n) is 13.6. The quantitative estimate of drug-likeness (QED) is 0.642. The average Bonchev–Trinajstić information content (AvgIpc) is 2.47. The Labute approximate surface area is 127 Å². The standard InChI is InChI=1S/C16H28N4O/c1-5-18-16(21)13-8-9-14(17)15(10-13)19-12(4)11-20(6-2)7-3/h8-10,12,19H,5-7,11,17H2,1-4H3,(H,18,21). The van der Waals surface area contributed by atoms with Gasteiger partial charge in [-0.2, -0.15) is 0 Å². The lowest BCUT2D eigenvalue weighted by Crippen LogP contribution is -2.35. The number of anilines is 2. The number of carbonyl (C=O) groups excluding carboxylic acids is 1. The van der Waals surface area contributed by atoms with E-state index in [1.807, 2.05) is 13.0 Å². The first kappa shape index (κ1) is 17.3. The summed E-state index contributed by atoms with van der Waals surface area (Å²) in [5, 5.41) is 6.20. The molecule has 0 bridgehead atoms. The molecule has 0 spiro atoms. The van der Waals surface area contributed by atoms with Gasteiger partial charge in [0.05, 0.1) is 11.4 Å². The Morgan fingerprint density at radius 1 is 1.29 bits per heavy atom. The molecule has 1 aromatic carbocycles. The molecular weight excluding hydrogens is 264 g/mol. The third kappa shape index (κ3) is 5.27. The molecule has 0 saturated heterocycles. The second-order valence-electron chi connectivity index (χ2n) is 5.19. The largest absolute Gasteiger partial charge is 0.397 e. The van der Waals surface area contributed by atoms with Crippen molar-refractivity contribution in [1.29, 1.82) is 0 Å². The molecule has 5 heteroatoms. The molecule has 4 N–H and O–H groups in total. The fourth-order valence-electron chi connectivity index (χ4n) is 2.27. The van der Waals surface area contributed by atoms with Crippen LogP contribution in [0.15, 0.2) is 18.2 Å². The molecule has 0 aromatic heterocycles. The topological polar surface area (TPSA) is 70.4 Å².